The molecule has 0 aliphatic carbocycles. The van der Waals surface area contributed by atoms with Crippen molar-refractivity contribution in [1.82, 2.24) is 16.3 Å². The lowest BCUT2D eigenvalue weighted by atomic mass is 10.3. The number of carbonyl (C=O) groups excluding carboxylic acids is 3. The smallest absolute Gasteiger partial charge is 0.233 e. The van der Waals surface area contributed by atoms with E-state index in [2.05, 4.69) is 16.3 Å². The highest BCUT2D eigenvalue weighted by Crippen LogP contribution is 2.23. The summed E-state index contributed by atoms with van der Waals surface area (Å²) < 4.78 is 0. The molecule has 0 unspecified atom stereocenters. The first-order valence-corrected chi connectivity index (χ1v) is 12.1. The summed E-state index contributed by atoms with van der Waals surface area (Å²) in [6.07, 6.45) is 3.68. The standard InChI is InChI=1S/C15H32N6O3S3/c16-19-13(22)4-1-7-25-10-12(27-9-3-6-15(24)21-18)11-26-8-2-5-14(23)20-17/h12H,1-11,16-18H2,(H,19,22)(H,20,23)(H,21,24). The summed E-state index contributed by atoms with van der Waals surface area (Å²) in [7, 11) is 0. The minimum absolute atomic E-state index is 0.142. The Bertz CT molecular complexity index is 406. The SMILES string of the molecule is NNC(=O)CCCSCC(CSCCCC(=O)NN)SCCCC(=O)NN. The van der Waals surface area contributed by atoms with Crippen LogP contribution in [0.1, 0.15) is 38.5 Å². The van der Waals surface area contributed by atoms with Crippen LogP contribution in [-0.4, -0.2) is 51.7 Å². The summed E-state index contributed by atoms with van der Waals surface area (Å²) in [5.41, 5.74) is 6.40. The number of nitrogens with two attached hydrogens (primary N) is 3. The molecule has 0 atom stereocenters. The number of hydrogen-bond acceptors (Lipinski definition) is 9. The van der Waals surface area contributed by atoms with Gasteiger partial charge in [-0.2, -0.15) is 35.3 Å². The van der Waals surface area contributed by atoms with Gasteiger partial charge in [0, 0.05) is 36.0 Å². The van der Waals surface area contributed by atoms with E-state index in [9.17, 15) is 14.4 Å². The molecule has 0 aromatic heterocycles. The second-order valence-electron chi connectivity index (χ2n) is 5.66. The zero-order valence-electron chi connectivity index (χ0n) is 15.5. The van der Waals surface area contributed by atoms with E-state index in [0.29, 0.717) is 24.5 Å². The Labute approximate surface area is 173 Å². The van der Waals surface area contributed by atoms with Gasteiger partial charge < -0.3 is 0 Å². The quantitative estimate of drug-likeness (QED) is 0.0781. The monoisotopic (exact) mass is 440 g/mol. The molecule has 0 aliphatic heterocycles. The molecule has 12 heteroatoms. The van der Waals surface area contributed by atoms with Crippen molar-refractivity contribution < 1.29 is 14.4 Å². The number of hydrazine groups is 3. The van der Waals surface area contributed by atoms with Gasteiger partial charge in [0.25, 0.3) is 0 Å². The summed E-state index contributed by atoms with van der Waals surface area (Å²) in [5.74, 6) is 19.4. The zero-order valence-corrected chi connectivity index (χ0v) is 18.0. The first kappa shape index (κ1) is 26.3. The van der Waals surface area contributed by atoms with Crippen LogP contribution >= 0.6 is 35.3 Å². The molecule has 0 aliphatic rings. The van der Waals surface area contributed by atoms with Gasteiger partial charge in [-0.3, -0.25) is 30.7 Å². The van der Waals surface area contributed by atoms with Gasteiger partial charge in [-0.1, -0.05) is 0 Å². The van der Waals surface area contributed by atoms with Crippen LogP contribution in [-0.2, 0) is 14.4 Å². The average Bonchev–Trinajstić information content (AvgIpc) is 2.68. The molecule has 0 rings (SSSR count). The summed E-state index contributed by atoms with van der Waals surface area (Å²) in [6.45, 7) is 0. The molecule has 9 nitrogen and oxygen atoms in total. The zero-order chi connectivity index (χ0) is 20.3. The number of amides is 3. The molecule has 27 heavy (non-hydrogen) atoms. The highest BCUT2D eigenvalue weighted by atomic mass is 32.2. The number of carbonyl (C=O) groups is 3. The topological polar surface area (TPSA) is 165 Å². The van der Waals surface area contributed by atoms with Crippen molar-refractivity contribution in [3.05, 3.63) is 0 Å². The molecular weight excluding hydrogens is 408 g/mol. The summed E-state index contributed by atoms with van der Waals surface area (Å²) in [4.78, 5) is 33.4. The lowest BCUT2D eigenvalue weighted by molar-refractivity contribution is -0.122. The Morgan fingerprint density at radius 3 is 1.41 bits per heavy atom. The largest absolute Gasteiger partial charge is 0.294 e. The third kappa shape index (κ3) is 17.2. The van der Waals surface area contributed by atoms with Crippen LogP contribution in [0.4, 0.5) is 0 Å². The second kappa shape index (κ2) is 18.7. The van der Waals surface area contributed by atoms with E-state index >= 15 is 0 Å². The molecule has 0 spiro atoms. The first-order valence-electron chi connectivity index (χ1n) is 8.78. The lowest BCUT2D eigenvalue weighted by Gasteiger charge is -2.16. The number of nitrogens with one attached hydrogen (secondary N) is 3. The summed E-state index contributed by atoms with van der Waals surface area (Å²) in [5, 5.41) is 0.451. The predicted molar refractivity (Wildman–Crippen MR) is 116 cm³/mol. The van der Waals surface area contributed by atoms with Gasteiger partial charge in [-0.15, -0.1) is 0 Å². The van der Waals surface area contributed by atoms with E-state index in [1.807, 2.05) is 35.3 Å². The molecule has 0 aromatic carbocycles. The van der Waals surface area contributed by atoms with Crippen LogP contribution in [0.3, 0.4) is 0 Å². The van der Waals surface area contributed by atoms with Crippen LogP contribution in [0.2, 0.25) is 0 Å². The van der Waals surface area contributed by atoms with Crippen molar-refractivity contribution in [2.45, 2.75) is 43.8 Å². The Balaban J connectivity index is 4.02. The van der Waals surface area contributed by atoms with Gasteiger partial charge in [0.15, 0.2) is 0 Å². The highest BCUT2D eigenvalue weighted by Gasteiger charge is 2.11. The van der Waals surface area contributed by atoms with Gasteiger partial charge in [-0.05, 0) is 36.5 Å². The Morgan fingerprint density at radius 1 is 0.667 bits per heavy atom. The van der Waals surface area contributed by atoms with Crippen LogP contribution in [0, 0.1) is 0 Å². The van der Waals surface area contributed by atoms with Gasteiger partial charge in [-0.25, -0.2) is 17.5 Å². The molecule has 0 bridgehead atoms. The Kier molecular flexibility index (Phi) is 18.2. The highest BCUT2D eigenvalue weighted by molar-refractivity contribution is 8.05. The van der Waals surface area contributed by atoms with Crippen molar-refractivity contribution in [1.29, 1.82) is 0 Å². The predicted octanol–water partition coefficient (Wildman–Crippen LogP) is -0.135. The summed E-state index contributed by atoms with van der Waals surface area (Å²) in [6, 6.07) is 0. The molecular formula is C15H32N6O3S3. The molecule has 3 amide bonds. The number of hydrogen-bond donors (Lipinski definition) is 6. The normalized spacial score (nSPS) is 10.7. The molecule has 9 N–H and O–H groups in total. The number of rotatable bonds is 17. The molecule has 0 heterocycles. The molecule has 0 saturated carbocycles. The van der Waals surface area contributed by atoms with Gasteiger partial charge in [0.05, 0.1) is 0 Å². The van der Waals surface area contributed by atoms with Gasteiger partial charge >= 0.3 is 0 Å². The molecule has 0 saturated heterocycles. The van der Waals surface area contributed by atoms with Crippen molar-refractivity contribution in [2.75, 3.05) is 28.8 Å². The van der Waals surface area contributed by atoms with Gasteiger partial charge in [0.1, 0.15) is 0 Å². The summed E-state index contributed by atoms with van der Waals surface area (Å²) >= 11 is 5.49. The molecule has 158 valence electrons. The van der Waals surface area contributed by atoms with E-state index in [-0.39, 0.29) is 17.7 Å². The van der Waals surface area contributed by atoms with Crippen molar-refractivity contribution >= 4 is 53.0 Å². The second-order valence-corrected chi connectivity index (χ2v) is 9.36. The first-order chi connectivity index (χ1) is 13.0. The van der Waals surface area contributed by atoms with E-state index in [0.717, 1.165) is 48.0 Å². The van der Waals surface area contributed by atoms with Crippen LogP contribution in [0.15, 0.2) is 0 Å². The van der Waals surface area contributed by atoms with E-state index in [1.54, 1.807) is 0 Å². The van der Waals surface area contributed by atoms with E-state index in [4.69, 9.17) is 17.5 Å². The minimum Gasteiger partial charge on any atom is -0.294 e. The third-order valence-corrected chi connectivity index (χ3v) is 7.56. The Morgan fingerprint density at radius 2 is 1.04 bits per heavy atom. The Hall–Kier alpha value is -0.660. The maximum atomic E-state index is 11.2. The average molecular weight is 441 g/mol. The van der Waals surface area contributed by atoms with E-state index < -0.39 is 0 Å². The maximum absolute atomic E-state index is 11.2. The minimum atomic E-state index is -0.146. The molecule has 0 aromatic rings. The maximum Gasteiger partial charge on any atom is 0.233 e. The lowest BCUT2D eigenvalue weighted by Crippen LogP contribution is -2.29. The van der Waals surface area contributed by atoms with Crippen molar-refractivity contribution in [2.24, 2.45) is 17.5 Å². The fourth-order valence-corrected chi connectivity index (χ4v) is 5.88. The van der Waals surface area contributed by atoms with Crippen molar-refractivity contribution in [3.8, 4) is 0 Å². The third-order valence-electron chi connectivity index (χ3n) is 3.38. The van der Waals surface area contributed by atoms with Crippen LogP contribution < -0.4 is 33.8 Å². The molecule has 0 fully saturated rings. The van der Waals surface area contributed by atoms with Gasteiger partial charge in [0.2, 0.25) is 17.7 Å². The fraction of sp³-hybridized carbons (Fsp3) is 0.800. The van der Waals surface area contributed by atoms with Crippen LogP contribution in [0.25, 0.3) is 0 Å². The van der Waals surface area contributed by atoms with Crippen molar-refractivity contribution in [3.63, 3.8) is 0 Å². The number of thioether (sulfide) groups is 3. The molecule has 0 radical (unpaired) electrons. The fourth-order valence-electron chi connectivity index (χ4n) is 1.94. The van der Waals surface area contributed by atoms with E-state index in [1.165, 1.54) is 0 Å². The van der Waals surface area contributed by atoms with Crippen LogP contribution in [0.5, 0.6) is 0 Å².